The lowest BCUT2D eigenvalue weighted by molar-refractivity contribution is -0.141. The number of likely N-dealkylation sites (tertiary alicyclic amines) is 1. The van der Waals surface area contributed by atoms with Gasteiger partial charge in [0.25, 0.3) is 11.5 Å². The lowest BCUT2D eigenvalue weighted by Crippen LogP contribution is -2.33. The van der Waals surface area contributed by atoms with Crippen molar-refractivity contribution < 1.29 is 14.7 Å². The lowest BCUT2D eigenvalue weighted by atomic mass is 10.1. The lowest BCUT2D eigenvalue weighted by Gasteiger charge is -2.15. The molecule has 1 unspecified atom stereocenters. The predicted octanol–water partition coefficient (Wildman–Crippen LogP) is 0.984. The molecule has 3 rings (SSSR count). The van der Waals surface area contributed by atoms with Gasteiger partial charge in [0, 0.05) is 19.3 Å². The van der Waals surface area contributed by atoms with Gasteiger partial charge in [-0.1, -0.05) is 6.07 Å². The standard InChI is InChI=1S/C16H15N3O4/c20-14-11(15(21)19-8-6-10(9-19)16(22)23)4-5-13(18-14)12-3-1-2-7-17-12/h1-5,7,10H,6,8-9H2,(H,18,20)(H,22,23). The van der Waals surface area contributed by atoms with Crippen molar-refractivity contribution in [3.8, 4) is 11.4 Å². The van der Waals surface area contributed by atoms with E-state index in [-0.39, 0.29) is 12.1 Å². The average molecular weight is 313 g/mol. The highest BCUT2D eigenvalue weighted by Crippen LogP contribution is 2.18. The van der Waals surface area contributed by atoms with Crippen LogP contribution >= 0.6 is 0 Å². The second kappa shape index (κ2) is 6.04. The first-order chi connectivity index (χ1) is 11.1. The molecule has 1 amide bonds. The Morgan fingerprint density at radius 2 is 2.09 bits per heavy atom. The number of carboxylic acids is 1. The molecule has 0 aliphatic carbocycles. The van der Waals surface area contributed by atoms with Gasteiger partial charge >= 0.3 is 5.97 Å². The molecule has 7 heteroatoms. The molecule has 1 fully saturated rings. The second-order valence-corrected chi connectivity index (χ2v) is 5.40. The smallest absolute Gasteiger partial charge is 0.308 e. The molecule has 0 spiro atoms. The maximum atomic E-state index is 12.4. The monoisotopic (exact) mass is 313 g/mol. The SMILES string of the molecule is O=C(O)C1CCN(C(=O)c2ccc(-c3ccccn3)[nH]c2=O)C1. The Hall–Kier alpha value is -2.96. The molecule has 0 radical (unpaired) electrons. The number of hydrogen-bond donors (Lipinski definition) is 2. The zero-order valence-corrected chi connectivity index (χ0v) is 12.2. The summed E-state index contributed by atoms with van der Waals surface area (Å²) in [6, 6.07) is 8.41. The van der Waals surface area contributed by atoms with Gasteiger partial charge in [0.05, 0.1) is 17.3 Å². The van der Waals surface area contributed by atoms with E-state index in [0.717, 1.165) is 0 Å². The van der Waals surface area contributed by atoms with Crippen molar-refractivity contribution in [1.82, 2.24) is 14.9 Å². The third kappa shape index (κ3) is 2.98. The van der Waals surface area contributed by atoms with Gasteiger partial charge in [0.2, 0.25) is 0 Å². The number of amides is 1. The zero-order valence-electron chi connectivity index (χ0n) is 12.2. The zero-order chi connectivity index (χ0) is 16.4. The summed E-state index contributed by atoms with van der Waals surface area (Å²) >= 11 is 0. The van der Waals surface area contributed by atoms with Crippen LogP contribution in [0.15, 0.2) is 41.3 Å². The van der Waals surface area contributed by atoms with E-state index < -0.39 is 23.4 Å². The number of H-pyrrole nitrogens is 1. The minimum Gasteiger partial charge on any atom is -0.481 e. The molecular formula is C16H15N3O4. The van der Waals surface area contributed by atoms with Gasteiger partial charge in [0.15, 0.2) is 0 Å². The number of aromatic amines is 1. The summed E-state index contributed by atoms with van der Waals surface area (Å²) in [5.41, 5.74) is 0.639. The summed E-state index contributed by atoms with van der Waals surface area (Å²) in [5, 5.41) is 8.99. The number of pyridine rings is 2. The maximum absolute atomic E-state index is 12.4. The van der Waals surface area contributed by atoms with Crippen LogP contribution in [0.1, 0.15) is 16.8 Å². The first-order valence-electron chi connectivity index (χ1n) is 7.23. The van der Waals surface area contributed by atoms with Crippen molar-refractivity contribution >= 4 is 11.9 Å². The third-order valence-corrected chi connectivity index (χ3v) is 3.91. The molecule has 0 bridgehead atoms. The highest BCUT2D eigenvalue weighted by Gasteiger charge is 2.32. The molecular weight excluding hydrogens is 298 g/mol. The van der Waals surface area contributed by atoms with Crippen LogP contribution in [-0.4, -0.2) is 44.9 Å². The van der Waals surface area contributed by atoms with Crippen LogP contribution in [0.4, 0.5) is 0 Å². The van der Waals surface area contributed by atoms with E-state index in [1.54, 1.807) is 30.5 Å². The summed E-state index contributed by atoms with van der Waals surface area (Å²) in [6.07, 6.45) is 2.02. The van der Waals surface area contributed by atoms with Crippen molar-refractivity contribution in [2.75, 3.05) is 13.1 Å². The van der Waals surface area contributed by atoms with E-state index in [9.17, 15) is 14.4 Å². The molecule has 118 valence electrons. The maximum Gasteiger partial charge on any atom is 0.308 e. The number of hydrogen-bond acceptors (Lipinski definition) is 4. The van der Waals surface area contributed by atoms with E-state index in [2.05, 4.69) is 9.97 Å². The van der Waals surface area contributed by atoms with Crippen molar-refractivity contribution in [1.29, 1.82) is 0 Å². The van der Waals surface area contributed by atoms with Crippen LogP contribution in [0.3, 0.4) is 0 Å². The summed E-state index contributed by atoms with van der Waals surface area (Å²) in [6.45, 7) is 0.479. The van der Waals surface area contributed by atoms with Crippen LogP contribution in [0.2, 0.25) is 0 Å². The Morgan fingerprint density at radius 1 is 1.26 bits per heavy atom. The van der Waals surface area contributed by atoms with Gasteiger partial charge in [-0.15, -0.1) is 0 Å². The number of nitrogens with one attached hydrogen (secondary N) is 1. The molecule has 2 aromatic rings. The number of aromatic nitrogens is 2. The summed E-state index contributed by atoms with van der Waals surface area (Å²) in [7, 11) is 0. The molecule has 2 aromatic heterocycles. The highest BCUT2D eigenvalue weighted by atomic mass is 16.4. The molecule has 1 saturated heterocycles. The van der Waals surface area contributed by atoms with E-state index in [4.69, 9.17) is 5.11 Å². The Bertz CT molecular complexity index is 800. The molecule has 1 aliphatic rings. The Morgan fingerprint density at radius 3 is 2.70 bits per heavy atom. The fourth-order valence-electron chi connectivity index (χ4n) is 2.63. The number of nitrogens with zero attached hydrogens (tertiary/aromatic N) is 2. The summed E-state index contributed by atoms with van der Waals surface area (Å²) < 4.78 is 0. The van der Waals surface area contributed by atoms with Crippen molar-refractivity contribution in [2.24, 2.45) is 5.92 Å². The van der Waals surface area contributed by atoms with Crippen LogP contribution in [0, 0.1) is 5.92 Å². The van der Waals surface area contributed by atoms with E-state index >= 15 is 0 Å². The third-order valence-electron chi connectivity index (χ3n) is 3.91. The molecule has 3 heterocycles. The number of carboxylic acid groups (broad SMARTS) is 1. The summed E-state index contributed by atoms with van der Waals surface area (Å²) in [4.78, 5) is 43.7. The number of carbonyl (C=O) groups is 2. The number of rotatable bonds is 3. The van der Waals surface area contributed by atoms with Gasteiger partial charge in [0.1, 0.15) is 5.56 Å². The molecule has 0 saturated carbocycles. The van der Waals surface area contributed by atoms with E-state index in [0.29, 0.717) is 24.4 Å². The molecule has 2 N–H and O–H groups in total. The molecule has 0 aromatic carbocycles. The van der Waals surface area contributed by atoms with Crippen molar-refractivity contribution in [2.45, 2.75) is 6.42 Å². The normalized spacial score (nSPS) is 17.2. The van der Waals surface area contributed by atoms with Crippen molar-refractivity contribution in [3.05, 3.63) is 52.4 Å². The minimum atomic E-state index is -0.917. The van der Waals surface area contributed by atoms with Crippen LogP contribution in [0.5, 0.6) is 0 Å². The first-order valence-corrected chi connectivity index (χ1v) is 7.23. The van der Waals surface area contributed by atoms with Gasteiger partial charge in [-0.2, -0.15) is 0 Å². The minimum absolute atomic E-state index is 0.00993. The number of aliphatic carboxylic acids is 1. The Kier molecular flexibility index (Phi) is 3.92. The molecule has 7 nitrogen and oxygen atoms in total. The summed E-state index contributed by atoms with van der Waals surface area (Å²) in [5.74, 6) is -1.92. The average Bonchev–Trinajstić information content (AvgIpc) is 3.05. The van der Waals surface area contributed by atoms with Gasteiger partial charge < -0.3 is 15.0 Å². The highest BCUT2D eigenvalue weighted by molar-refractivity contribution is 5.94. The number of carbonyl (C=O) groups excluding carboxylic acids is 1. The van der Waals surface area contributed by atoms with Gasteiger partial charge in [-0.3, -0.25) is 19.4 Å². The second-order valence-electron chi connectivity index (χ2n) is 5.40. The largest absolute Gasteiger partial charge is 0.481 e. The van der Waals surface area contributed by atoms with Crippen LogP contribution in [-0.2, 0) is 4.79 Å². The topological polar surface area (TPSA) is 103 Å². The predicted molar refractivity (Wildman–Crippen MR) is 81.9 cm³/mol. The van der Waals surface area contributed by atoms with Crippen molar-refractivity contribution in [3.63, 3.8) is 0 Å². The van der Waals surface area contributed by atoms with Crippen LogP contribution in [0.25, 0.3) is 11.4 Å². The van der Waals surface area contributed by atoms with Crippen LogP contribution < -0.4 is 5.56 Å². The first kappa shape index (κ1) is 15.0. The van der Waals surface area contributed by atoms with Gasteiger partial charge in [-0.25, -0.2) is 0 Å². The quantitative estimate of drug-likeness (QED) is 0.879. The fraction of sp³-hybridized carbons (Fsp3) is 0.250. The molecule has 1 atom stereocenters. The molecule has 23 heavy (non-hydrogen) atoms. The Balaban J connectivity index is 1.83. The Labute approximate surface area is 131 Å². The molecule has 1 aliphatic heterocycles. The van der Waals surface area contributed by atoms with Gasteiger partial charge in [-0.05, 0) is 30.7 Å². The fourth-order valence-corrected chi connectivity index (χ4v) is 2.63. The van der Waals surface area contributed by atoms with E-state index in [1.165, 1.54) is 11.0 Å². The van der Waals surface area contributed by atoms with E-state index in [1.807, 2.05) is 0 Å².